The SMILES string of the molecule is COc1ccc(-c2csc(-n3nc(-c4ccc(C)o4)nc3N)n2)cc1. The number of anilines is 1. The summed E-state index contributed by atoms with van der Waals surface area (Å²) in [6.07, 6.45) is 0. The van der Waals surface area contributed by atoms with E-state index in [4.69, 9.17) is 14.9 Å². The van der Waals surface area contributed by atoms with Gasteiger partial charge in [0.2, 0.25) is 16.9 Å². The third-order valence-corrected chi connectivity index (χ3v) is 4.47. The number of nitrogens with two attached hydrogens (primary N) is 1. The van der Waals surface area contributed by atoms with Crippen LogP contribution in [0.2, 0.25) is 0 Å². The zero-order chi connectivity index (χ0) is 17.4. The van der Waals surface area contributed by atoms with Gasteiger partial charge in [0.05, 0.1) is 12.8 Å². The van der Waals surface area contributed by atoms with Gasteiger partial charge in [-0.2, -0.15) is 9.67 Å². The number of thiazole rings is 1. The van der Waals surface area contributed by atoms with Crippen LogP contribution in [0.15, 0.2) is 46.2 Å². The summed E-state index contributed by atoms with van der Waals surface area (Å²) in [6.45, 7) is 1.87. The predicted molar refractivity (Wildman–Crippen MR) is 95.9 cm³/mol. The molecule has 0 radical (unpaired) electrons. The highest BCUT2D eigenvalue weighted by Gasteiger charge is 2.16. The number of methoxy groups -OCH3 is 1. The third kappa shape index (κ3) is 2.87. The number of nitrogens with zero attached hydrogens (tertiary/aromatic N) is 4. The molecule has 0 atom stereocenters. The van der Waals surface area contributed by atoms with Crippen molar-refractivity contribution in [2.75, 3.05) is 12.8 Å². The van der Waals surface area contributed by atoms with E-state index in [2.05, 4.69) is 15.1 Å². The molecule has 0 saturated heterocycles. The van der Waals surface area contributed by atoms with E-state index in [0.29, 0.717) is 16.7 Å². The van der Waals surface area contributed by atoms with Gasteiger partial charge in [-0.25, -0.2) is 4.98 Å². The van der Waals surface area contributed by atoms with Gasteiger partial charge >= 0.3 is 0 Å². The Morgan fingerprint density at radius 3 is 2.60 bits per heavy atom. The molecule has 25 heavy (non-hydrogen) atoms. The van der Waals surface area contributed by atoms with Crippen LogP contribution in [0.3, 0.4) is 0 Å². The molecule has 3 aromatic heterocycles. The molecule has 4 rings (SSSR count). The zero-order valence-electron chi connectivity index (χ0n) is 13.6. The van der Waals surface area contributed by atoms with Crippen molar-refractivity contribution in [1.82, 2.24) is 19.7 Å². The van der Waals surface area contributed by atoms with Gasteiger partial charge in [-0.15, -0.1) is 16.4 Å². The lowest BCUT2D eigenvalue weighted by atomic mass is 10.2. The lowest BCUT2D eigenvalue weighted by molar-refractivity contribution is 0.415. The van der Waals surface area contributed by atoms with E-state index in [0.717, 1.165) is 22.8 Å². The van der Waals surface area contributed by atoms with Crippen LogP contribution in [0.1, 0.15) is 5.76 Å². The number of aryl methyl sites for hydroxylation is 1. The maximum absolute atomic E-state index is 6.00. The van der Waals surface area contributed by atoms with Crippen LogP contribution in [0, 0.1) is 6.92 Å². The highest BCUT2D eigenvalue weighted by molar-refractivity contribution is 7.12. The van der Waals surface area contributed by atoms with Crippen LogP contribution in [-0.4, -0.2) is 26.9 Å². The summed E-state index contributed by atoms with van der Waals surface area (Å²) >= 11 is 1.44. The Hall–Kier alpha value is -3.13. The van der Waals surface area contributed by atoms with Crippen LogP contribution >= 0.6 is 11.3 Å². The number of aromatic nitrogens is 4. The number of nitrogen functional groups attached to an aromatic ring is 1. The first-order valence-electron chi connectivity index (χ1n) is 7.54. The molecule has 0 fully saturated rings. The van der Waals surface area contributed by atoms with Gasteiger partial charge in [0.15, 0.2) is 5.76 Å². The minimum Gasteiger partial charge on any atom is -0.497 e. The van der Waals surface area contributed by atoms with E-state index in [1.807, 2.05) is 48.7 Å². The predicted octanol–water partition coefficient (Wildman–Crippen LogP) is 3.55. The first-order chi connectivity index (χ1) is 12.1. The fourth-order valence-corrected chi connectivity index (χ4v) is 3.17. The van der Waals surface area contributed by atoms with Crippen LogP contribution in [0.5, 0.6) is 5.75 Å². The van der Waals surface area contributed by atoms with Crippen LogP contribution < -0.4 is 10.5 Å². The molecule has 8 heteroatoms. The monoisotopic (exact) mass is 353 g/mol. The Kier molecular flexibility index (Phi) is 3.73. The molecule has 1 aromatic carbocycles. The highest BCUT2D eigenvalue weighted by Crippen LogP contribution is 2.27. The van der Waals surface area contributed by atoms with E-state index in [-0.39, 0.29) is 5.95 Å². The number of ether oxygens (including phenoxy) is 1. The summed E-state index contributed by atoms with van der Waals surface area (Å²) in [7, 11) is 1.64. The number of hydrogen-bond donors (Lipinski definition) is 1. The summed E-state index contributed by atoms with van der Waals surface area (Å²) in [5, 5.41) is 7.01. The average Bonchev–Trinajstić information content (AvgIpc) is 3.34. The Morgan fingerprint density at radius 1 is 1.12 bits per heavy atom. The maximum Gasteiger partial charge on any atom is 0.226 e. The first kappa shape index (κ1) is 15.4. The summed E-state index contributed by atoms with van der Waals surface area (Å²) in [6, 6.07) is 11.4. The van der Waals surface area contributed by atoms with Crippen molar-refractivity contribution in [1.29, 1.82) is 0 Å². The van der Waals surface area contributed by atoms with Gasteiger partial charge < -0.3 is 14.9 Å². The molecule has 0 unspecified atom stereocenters. The van der Waals surface area contributed by atoms with Gasteiger partial charge in [0.1, 0.15) is 11.5 Å². The average molecular weight is 353 g/mol. The minimum absolute atomic E-state index is 0.264. The smallest absolute Gasteiger partial charge is 0.226 e. The van der Waals surface area contributed by atoms with Crippen molar-refractivity contribution in [2.45, 2.75) is 6.92 Å². The first-order valence-corrected chi connectivity index (χ1v) is 8.41. The molecule has 2 N–H and O–H groups in total. The second-order valence-electron chi connectivity index (χ2n) is 5.36. The highest BCUT2D eigenvalue weighted by atomic mass is 32.1. The molecule has 0 bridgehead atoms. The Morgan fingerprint density at radius 2 is 1.92 bits per heavy atom. The van der Waals surface area contributed by atoms with E-state index >= 15 is 0 Å². The largest absolute Gasteiger partial charge is 0.497 e. The van der Waals surface area contributed by atoms with Crippen molar-refractivity contribution in [2.24, 2.45) is 0 Å². The van der Waals surface area contributed by atoms with Crippen LogP contribution in [0.4, 0.5) is 5.95 Å². The fraction of sp³-hybridized carbons (Fsp3) is 0.118. The summed E-state index contributed by atoms with van der Waals surface area (Å²) in [4.78, 5) is 8.87. The fourth-order valence-electron chi connectivity index (χ4n) is 2.38. The van der Waals surface area contributed by atoms with Gasteiger partial charge in [0.25, 0.3) is 0 Å². The topological polar surface area (TPSA) is 92.0 Å². The standard InChI is InChI=1S/C17H15N5O2S/c1-10-3-8-14(24-10)15-20-16(18)22(21-15)17-19-13(9-25-17)11-4-6-12(23-2)7-5-11/h3-9H,1-2H3,(H2,18,20,21). The van der Waals surface area contributed by atoms with Crippen LogP contribution in [0.25, 0.3) is 28.0 Å². The maximum atomic E-state index is 6.00. The van der Waals surface area contributed by atoms with Gasteiger partial charge in [-0.05, 0) is 43.3 Å². The molecule has 0 aliphatic carbocycles. The Labute approximate surface area is 147 Å². The normalized spacial score (nSPS) is 11.0. The number of furan rings is 1. The molecular formula is C17H15N5O2S. The Balaban J connectivity index is 1.66. The third-order valence-electron chi connectivity index (χ3n) is 3.65. The van der Waals surface area contributed by atoms with E-state index < -0.39 is 0 Å². The summed E-state index contributed by atoms with van der Waals surface area (Å²) < 4.78 is 12.2. The van der Waals surface area contributed by atoms with Crippen molar-refractivity contribution >= 4 is 17.3 Å². The van der Waals surface area contributed by atoms with E-state index in [1.54, 1.807) is 7.11 Å². The number of hydrogen-bond acceptors (Lipinski definition) is 7. The lowest BCUT2D eigenvalue weighted by Gasteiger charge is -2.00. The van der Waals surface area contributed by atoms with Gasteiger partial charge in [-0.3, -0.25) is 0 Å². The summed E-state index contributed by atoms with van der Waals surface area (Å²) in [5.74, 6) is 2.88. The number of benzene rings is 1. The van der Waals surface area contributed by atoms with Gasteiger partial charge in [0, 0.05) is 10.9 Å². The molecule has 126 valence electrons. The molecule has 0 amide bonds. The van der Waals surface area contributed by atoms with Crippen molar-refractivity contribution in [3.05, 3.63) is 47.5 Å². The number of rotatable bonds is 4. The molecule has 0 aliphatic rings. The Bertz CT molecular complexity index is 1020. The molecule has 0 saturated carbocycles. The molecule has 4 aromatic rings. The molecule has 0 spiro atoms. The molecule has 3 heterocycles. The van der Waals surface area contributed by atoms with Crippen molar-refractivity contribution in [3.63, 3.8) is 0 Å². The lowest BCUT2D eigenvalue weighted by Crippen LogP contribution is -2.01. The van der Waals surface area contributed by atoms with Crippen molar-refractivity contribution in [3.8, 4) is 33.7 Å². The second kappa shape index (κ2) is 6.06. The van der Waals surface area contributed by atoms with Gasteiger partial charge in [-0.1, -0.05) is 0 Å². The molecular weight excluding hydrogens is 338 g/mol. The zero-order valence-corrected chi connectivity index (χ0v) is 14.4. The minimum atomic E-state index is 0.264. The second-order valence-corrected chi connectivity index (χ2v) is 6.20. The molecule has 7 nitrogen and oxygen atoms in total. The van der Waals surface area contributed by atoms with Crippen molar-refractivity contribution < 1.29 is 9.15 Å². The van der Waals surface area contributed by atoms with E-state index in [9.17, 15) is 0 Å². The van der Waals surface area contributed by atoms with E-state index in [1.165, 1.54) is 16.0 Å². The molecule has 0 aliphatic heterocycles. The van der Waals surface area contributed by atoms with Crippen LogP contribution in [-0.2, 0) is 0 Å². The quantitative estimate of drug-likeness (QED) is 0.603. The summed E-state index contributed by atoms with van der Waals surface area (Å²) in [5.41, 5.74) is 7.83.